The zero-order valence-electron chi connectivity index (χ0n) is 9.42. The molecule has 4 heteroatoms. The topological polar surface area (TPSA) is 35.6 Å². The lowest BCUT2D eigenvalue weighted by Gasteiger charge is -2.22. The zero-order chi connectivity index (χ0) is 10.6. The average Bonchev–Trinajstić information content (AvgIpc) is 2.65. The van der Waals surface area contributed by atoms with Crippen LogP contribution in [0, 0.1) is 0 Å². The van der Waals surface area contributed by atoms with E-state index in [4.69, 9.17) is 0 Å². The standard InChI is InChI=1S/C10H21N3O/c1-12(2)7-8-13(3)10(14)9-5-4-6-11-9/h9,11H,4-8H2,1-3H3/t9-/m1/s1. The third-order valence-electron chi connectivity index (χ3n) is 2.62. The number of likely N-dealkylation sites (N-methyl/N-ethyl adjacent to an activating group) is 2. The van der Waals surface area contributed by atoms with E-state index >= 15 is 0 Å². The minimum absolute atomic E-state index is 0.0714. The molecular weight excluding hydrogens is 178 g/mol. The van der Waals surface area contributed by atoms with Crippen LogP contribution in [0.1, 0.15) is 12.8 Å². The van der Waals surface area contributed by atoms with Crippen LogP contribution < -0.4 is 5.32 Å². The molecule has 0 aromatic carbocycles. The van der Waals surface area contributed by atoms with Gasteiger partial charge in [0.1, 0.15) is 0 Å². The second-order valence-electron chi connectivity index (χ2n) is 4.21. The molecule has 0 aromatic rings. The van der Waals surface area contributed by atoms with Gasteiger partial charge in [-0.25, -0.2) is 0 Å². The molecule has 1 fully saturated rings. The maximum Gasteiger partial charge on any atom is 0.239 e. The van der Waals surface area contributed by atoms with Crippen LogP contribution in [0.2, 0.25) is 0 Å². The molecule has 0 radical (unpaired) electrons. The van der Waals surface area contributed by atoms with Crippen molar-refractivity contribution in [1.29, 1.82) is 0 Å². The summed E-state index contributed by atoms with van der Waals surface area (Å²) >= 11 is 0. The van der Waals surface area contributed by atoms with Crippen molar-refractivity contribution in [1.82, 2.24) is 15.1 Å². The van der Waals surface area contributed by atoms with Gasteiger partial charge in [0.2, 0.25) is 5.91 Å². The van der Waals surface area contributed by atoms with Gasteiger partial charge in [-0.05, 0) is 33.5 Å². The first kappa shape index (κ1) is 11.5. The highest BCUT2D eigenvalue weighted by atomic mass is 16.2. The molecule has 0 saturated carbocycles. The molecule has 0 bridgehead atoms. The van der Waals surface area contributed by atoms with E-state index in [2.05, 4.69) is 10.2 Å². The van der Waals surface area contributed by atoms with Crippen LogP contribution in [-0.4, -0.2) is 62.5 Å². The highest BCUT2D eigenvalue weighted by molar-refractivity contribution is 5.81. The molecule has 1 rings (SSSR count). The number of nitrogens with zero attached hydrogens (tertiary/aromatic N) is 2. The highest BCUT2D eigenvalue weighted by Crippen LogP contribution is 2.07. The van der Waals surface area contributed by atoms with Gasteiger partial charge in [0, 0.05) is 20.1 Å². The van der Waals surface area contributed by atoms with Gasteiger partial charge in [0.25, 0.3) is 0 Å². The van der Waals surface area contributed by atoms with Crippen LogP contribution >= 0.6 is 0 Å². The van der Waals surface area contributed by atoms with Crippen LogP contribution in [0.4, 0.5) is 0 Å². The third-order valence-corrected chi connectivity index (χ3v) is 2.62. The molecule has 1 saturated heterocycles. The van der Waals surface area contributed by atoms with Crippen molar-refractivity contribution in [2.45, 2.75) is 18.9 Å². The first-order valence-corrected chi connectivity index (χ1v) is 5.24. The Hall–Kier alpha value is -0.610. The molecule has 14 heavy (non-hydrogen) atoms. The van der Waals surface area contributed by atoms with Gasteiger partial charge >= 0.3 is 0 Å². The fraction of sp³-hybridized carbons (Fsp3) is 0.900. The molecule has 1 aliphatic rings. The van der Waals surface area contributed by atoms with Crippen molar-refractivity contribution in [2.24, 2.45) is 0 Å². The van der Waals surface area contributed by atoms with E-state index in [0.29, 0.717) is 0 Å². The van der Waals surface area contributed by atoms with E-state index in [-0.39, 0.29) is 11.9 Å². The van der Waals surface area contributed by atoms with Crippen molar-refractivity contribution in [3.05, 3.63) is 0 Å². The third kappa shape index (κ3) is 3.27. The van der Waals surface area contributed by atoms with Crippen LogP contribution in [0.25, 0.3) is 0 Å². The van der Waals surface area contributed by atoms with Gasteiger partial charge < -0.3 is 15.1 Å². The fourth-order valence-electron chi connectivity index (χ4n) is 1.62. The summed E-state index contributed by atoms with van der Waals surface area (Å²) in [5, 5.41) is 3.22. The summed E-state index contributed by atoms with van der Waals surface area (Å²) in [7, 11) is 5.92. The van der Waals surface area contributed by atoms with E-state index in [1.54, 1.807) is 0 Å². The Labute approximate surface area is 86.2 Å². The average molecular weight is 199 g/mol. The maximum absolute atomic E-state index is 11.8. The first-order valence-electron chi connectivity index (χ1n) is 5.24. The van der Waals surface area contributed by atoms with Crippen molar-refractivity contribution in [3.8, 4) is 0 Å². The molecule has 1 N–H and O–H groups in total. The predicted octanol–water partition coefficient (Wildman–Crippen LogP) is -0.242. The molecule has 1 amide bonds. The van der Waals surface area contributed by atoms with E-state index in [1.807, 2.05) is 26.0 Å². The van der Waals surface area contributed by atoms with Crippen LogP contribution in [0.5, 0.6) is 0 Å². The van der Waals surface area contributed by atoms with Crippen LogP contribution in [0.15, 0.2) is 0 Å². The molecule has 0 aromatic heterocycles. The Morgan fingerprint density at radius 3 is 2.57 bits per heavy atom. The largest absolute Gasteiger partial charge is 0.343 e. The number of carbonyl (C=O) groups is 1. The lowest BCUT2D eigenvalue weighted by atomic mass is 10.2. The second kappa shape index (κ2) is 5.32. The maximum atomic E-state index is 11.8. The van der Waals surface area contributed by atoms with E-state index in [9.17, 15) is 4.79 Å². The first-order chi connectivity index (χ1) is 6.61. The number of nitrogens with one attached hydrogen (secondary N) is 1. The summed E-state index contributed by atoms with van der Waals surface area (Å²) in [6.45, 7) is 2.72. The van der Waals surface area contributed by atoms with Crippen LogP contribution in [0.3, 0.4) is 0 Å². The highest BCUT2D eigenvalue weighted by Gasteiger charge is 2.24. The predicted molar refractivity (Wildman–Crippen MR) is 57.2 cm³/mol. The summed E-state index contributed by atoms with van der Waals surface area (Å²) < 4.78 is 0. The van der Waals surface area contributed by atoms with Crippen LogP contribution in [-0.2, 0) is 4.79 Å². The molecule has 0 aliphatic carbocycles. The number of hydrogen-bond donors (Lipinski definition) is 1. The summed E-state index contributed by atoms with van der Waals surface area (Å²) in [4.78, 5) is 15.7. The molecule has 82 valence electrons. The monoisotopic (exact) mass is 199 g/mol. The molecule has 1 aliphatic heterocycles. The van der Waals surface area contributed by atoms with Crippen molar-refractivity contribution >= 4 is 5.91 Å². The second-order valence-corrected chi connectivity index (χ2v) is 4.21. The van der Waals surface area contributed by atoms with Gasteiger partial charge in [-0.15, -0.1) is 0 Å². The Morgan fingerprint density at radius 1 is 1.36 bits per heavy atom. The van der Waals surface area contributed by atoms with Gasteiger partial charge in [-0.1, -0.05) is 0 Å². The number of rotatable bonds is 4. The number of carbonyl (C=O) groups excluding carboxylic acids is 1. The zero-order valence-corrected chi connectivity index (χ0v) is 9.42. The molecule has 0 unspecified atom stereocenters. The van der Waals surface area contributed by atoms with E-state index < -0.39 is 0 Å². The smallest absolute Gasteiger partial charge is 0.239 e. The van der Waals surface area contributed by atoms with Gasteiger partial charge in [0.05, 0.1) is 6.04 Å². The number of amides is 1. The van der Waals surface area contributed by atoms with Gasteiger partial charge in [-0.3, -0.25) is 4.79 Å². The van der Waals surface area contributed by atoms with Crippen molar-refractivity contribution in [3.63, 3.8) is 0 Å². The molecule has 4 nitrogen and oxygen atoms in total. The quantitative estimate of drug-likeness (QED) is 0.678. The van der Waals surface area contributed by atoms with E-state index in [0.717, 1.165) is 32.5 Å². The normalized spacial score (nSPS) is 21.6. The molecule has 1 atom stereocenters. The Morgan fingerprint density at radius 2 is 2.07 bits per heavy atom. The molecule has 0 spiro atoms. The number of hydrogen-bond acceptors (Lipinski definition) is 3. The molecular formula is C10H21N3O. The van der Waals surface area contributed by atoms with Crippen molar-refractivity contribution in [2.75, 3.05) is 40.8 Å². The Bertz CT molecular complexity index is 188. The summed E-state index contributed by atoms with van der Waals surface area (Å²) in [6, 6.07) is 0.0714. The van der Waals surface area contributed by atoms with E-state index in [1.165, 1.54) is 0 Å². The summed E-state index contributed by atoms with van der Waals surface area (Å²) in [5.41, 5.74) is 0. The summed E-state index contributed by atoms with van der Waals surface area (Å²) in [5.74, 6) is 0.240. The Balaban J connectivity index is 2.28. The lowest BCUT2D eigenvalue weighted by Crippen LogP contribution is -2.43. The van der Waals surface area contributed by atoms with Gasteiger partial charge in [-0.2, -0.15) is 0 Å². The fourth-order valence-corrected chi connectivity index (χ4v) is 1.62. The SMILES string of the molecule is CN(C)CCN(C)C(=O)[C@H]1CCCN1. The summed E-state index contributed by atoms with van der Waals surface area (Å²) in [6.07, 6.45) is 2.11. The minimum atomic E-state index is 0.0714. The molecule has 1 heterocycles. The van der Waals surface area contributed by atoms with Crippen molar-refractivity contribution < 1.29 is 4.79 Å². The Kier molecular flexibility index (Phi) is 4.35. The lowest BCUT2D eigenvalue weighted by molar-refractivity contribution is -0.131. The minimum Gasteiger partial charge on any atom is -0.343 e. The van der Waals surface area contributed by atoms with Gasteiger partial charge in [0.15, 0.2) is 0 Å².